The lowest BCUT2D eigenvalue weighted by Gasteiger charge is -2.38. The smallest absolute Gasteiger partial charge is 0.151 e. The second kappa shape index (κ2) is 6.36. The molecule has 126 valence electrons. The third kappa shape index (κ3) is 3.66. The van der Waals surface area contributed by atoms with Crippen molar-refractivity contribution in [2.24, 2.45) is 11.3 Å². The highest BCUT2D eigenvalue weighted by atomic mass is 16.5. The molecule has 1 spiro atoms. The van der Waals surface area contributed by atoms with E-state index in [1.807, 2.05) is 13.0 Å². The molecule has 0 N–H and O–H groups in total. The average Bonchev–Trinajstić information content (AvgIpc) is 3.31. The van der Waals surface area contributed by atoms with E-state index in [-0.39, 0.29) is 0 Å². The van der Waals surface area contributed by atoms with Gasteiger partial charge in [-0.3, -0.25) is 0 Å². The zero-order valence-corrected chi connectivity index (χ0v) is 14.0. The van der Waals surface area contributed by atoms with Gasteiger partial charge in [-0.05, 0) is 62.5 Å². The van der Waals surface area contributed by atoms with Crippen LogP contribution in [0.3, 0.4) is 0 Å². The van der Waals surface area contributed by atoms with E-state index in [4.69, 9.17) is 9.47 Å². The van der Waals surface area contributed by atoms with Crippen LogP contribution in [0.25, 0.3) is 0 Å². The van der Waals surface area contributed by atoms with Crippen molar-refractivity contribution in [1.29, 1.82) is 0 Å². The molecule has 1 aromatic heterocycles. The Morgan fingerprint density at radius 3 is 2.74 bits per heavy atom. The summed E-state index contributed by atoms with van der Waals surface area (Å²) < 4.78 is 11.9. The molecule has 0 unspecified atom stereocenters. The Bertz CT molecular complexity index is 522. The molecule has 3 heterocycles. The summed E-state index contributed by atoms with van der Waals surface area (Å²) in [5, 5.41) is 8.49. The Balaban J connectivity index is 1.26. The molecule has 0 amide bonds. The zero-order valence-electron chi connectivity index (χ0n) is 14.0. The number of ether oxygens (including phenoxy) is 2. The number of rotatable bonds is 5. The summed E-state index contributed by atoms with van der Waals surface area (Å²) in [5.74, 6) is 1.85. The Labute approximate surface area is 138 Å². The minimum atomic E-state index is 0.305. The van der Waals surface area contributed by atoms with Gasteiger partial charge >= 0.3 is 0 Å². The van der Waals surface area contributed by atoms with Gasteiger partial charge in [0.05, 0.1) is 25.0 Å². The molecule has 5 heteroatoms. The van der Waals surface area contributed by atoms with Crippen LogP contribution < -0.4 is 4.90 Å². The van der Waals surface area contributed by atoms with Crippen LogP contribution in [-0.2, 0) is 9.47 Å². The van der Waals surface area contributed by atoms with Crippen molar-refractivity contribution >= 4 is 5.82 Å². The van der Waals surface area contributed by atoms with Gasteiger partial charge in [-0.15, -0.1) is 5.10 Å². The van der Waals surface area contributed by atoms with Crippen LogP contribution in [0.15, 0.2) is 12.1 Å². The topological polar surface area (TPSA) is 47.5 Å². The molecule has 1 aromatic rings. The first kappa shape index (κ1) is 15.3. The number of aromatic nitrogens is 2. The monoisotopic (exact) mass is 317 g/mol. The van der Waals surface area contributed by atoms with Gasteiger partial charge in [0.2, 0.25) is 0 Å². The molecule has 0 radical (unpaired) electrons. The molecule has 1 aliphatic carbocycles. The summed E-state index contributed by atoms with van der Waals surface area (Å²) >= 11 is 0. The van der Waals surface area contributed by atoms with E-state index in [2.05, 4.69) is 21.2 Å². The zero-order chi connectivity index (χ0) is 15.7. The maximum absolute atomic E-state index is 6.03. The van der Waals surface area contributed by atoms with Crippen molar-refractivity contribution in [3.63, 3.8) is 0 Å². The van der Waals surface area contributed by atoms with E-state index < -0.39 is 0 Å². The number of hydrogen-bond acceptors (Lipinski definition) is 5. The fourth-order valence-corrected chi connectivity index (χ4v) is 3.77. The lowest BCUT2D eigenvalue weighted by atomic mass is 9.76. The average molecular weight is 317 g/mol. The molecule has 1 saturated carbocycles. The molecule has 5 nitrogen and oxygen atoms in total. The van der Waals surface area contributed by atoms with Gasteiger partial charge in [0.1, 0.15) is 0 Å². The van der Waals surface area contributed by atoms with Gasteiger partial charge < -0.3 is 14.4 Å². The van der Waals surface area contributed by atoms with Crippen LogP contribution >= 0.6 is 0 Å². The fourth-order valence-electron chi connectivity index (χ4n) is 3.77. The quantitative estimate of drug-likeness (QED) is 0.835. The van der Waals surface area contributed by atoms with Crippen LogP contribution in [0, 0.1) is 18.3 Å². The third-order valence-electron chi connectivity index (χ3n) is 5.57. The van der Waals surface area contributed by atoms with E-state index in [1.165, 1.54) is 25.7 Å². The Morgan fingerprint density at radius 1 is 1.22 bits per heavy atom. The molecule has 1 atom stereocenters. The third-order valence-corrected chi connectivity index (χ3v) is 5.57. The molecule has 0 bridgehead atoms. The number of hydrogen-bond donors (Lipinski definition) is 0. The SMILES string of the molecule is Cc1ccc(N2CCC3(CC2)CO[C@@H](COCC2CC2)C3)nn1. The minimum absolute atomic E-state index is 0.305. The van der Waals surface area contributed by atoms with Crippen LogP contribution in [0.4, 0.5) is 5.82 Å². The maximum atomic E-state index is 6.03. The molecule has 3 fully saturated rings. The number of aryl methyl sites for hydroxylation is 1. The largest absolute Gasteiger partial charge is 0.378 e. The van der Waals surface area contributed by atoms with E-state index in [9.17, 15) is 0 Å². The highest BCUT2D eigenvalue weighted by Crippen LogP contribution is 2.42. The minimum Gasteiger partial charge on any atom is -0.378 e. The highest BCUT2D eigenvalue weighted by molar-refractivity contribution is 5.38. The lowest BCUT2D eigenvalue weighted by molar-refractivity contribution is 0.0110. The van der Waals surface area contributed by atoms with Crippen molar-refractivity contribution in [3.05, 3.63) is 17.8 Å². The van der Waals surface area contributed by atoms with E-state index in [0.29, 0.717) is 11.5 Å². The van der Waals surface area contributed by atoms with Crippen molar-refractivity contribution in [1.82, 2.24) is 10.2 Å². The summed E-state index contributed by atoms with van der Waals surface area (Å²) in [7, 11) is 0. The molecule has 4 rings (SSSR count). The van der Waals surface area contributed by atoms with Gasteiger partial charge in [0, 0.05) is 19.7 Å². The summed E-state index contributed by atoms with van der Waals surface area (Å²) in [6, 6.07) is 4.12. The van der Waals surface area contributed by atoms with Gasteiger partial charge in [-0.1, -0.05) is 0 Å². The van der Waals surface area contributed by atoms with Gasteiger partial charge in [0.15, 0.2) is 5.82 Å². The summed E-state index contributed by atoms with van der Waals surface area (Å²) in [6.07, 6.45) is 6.54. The van der Waals surface area contributed by atoms with Crippen LogP contribution in [0.5, 0.6) is 0 Å². The van der Waals surface area contributed by atoms with Crippen molar-refractivity contribution in [3.8, 4) is 0 Å². The Morgan fingerprint density at radius 2 is 2.04 bits per heavy atom. The van der Waals surface area contributed by atoms with Gasteiger partial charge in [-0.2, -0.15) is 5.10 Å². The Kier molecular flexibility index (Phi) is 4.24. The molecule has 2 aliphatic heterocycles. The number of nitrogens with zero attached hydrogens (tertiary/aromatic N) is 3. The number of anilines is 1. The van der Waals surface area contributed by atoms with Crippen molar-refractivity contribution in [2.45, 2.75) is 45.1 Å². The molecular weight excluding hydrogens is 290 g/mol. The maximum Gasteiger partial charge on any atom is 0.151 e. The van der Waals surface area contributed by atoms with Crippen LogP contribution in [0.2, 0.25) is 0 Å². The predicted octanol–water partition coefficient (Wildman–Crippen LogP) is 2.59. The lowest BCUT2D eigenvalue weighted by Crippen LogP contribution is -2.41. The number of piperidine rings is 1. The van der Waals surface area contributed by atoms with E-state index in [0.717, 1.165) is 56.8 Å². The predicted molar refractivity (Wildman–Crippen MR) is 88.5 cm³/mol. The van der Waals surface area contributed by atoms with Crippen molar-refractivity contribution < 1.29 is 9.47 Å². The fraction of sp³-hybridized carbons (Fsp3) is 0.778. The van der Waals surface area contributed by atoms with E-state index in [1.54, 1.807) is 0 Å². The van der Waals surface area contributed by atoms with E-state index >= 15 is 0 Å². The summed E-state index contributed by atoms with van der Waals surface area (Å²) in [5.41, 5.74) is 1.34. The van der Waals surface area contributed by atoms with Crippen molar-refractivity contribution in [2.75, 3.05) is 37.8 Å². The Hall–Kier alpha value is -1.20. The van der Waals surface area contributed by atoms with Gasteiger partial charge in [-0.25, -0.2) is 0 Å². The molecule has 2 saturated heterocycles. The molecule has 0 aromatic carbocycles. The normalized spacial score (nSPS) is 26.8. The van der Waals surface area contributed by atoms with Gasteiger partial charge in [0.25, 0.3) is 0 Å². The molecular formula is C18H27N3O2. The first-order valence-corrected chi connectivity index (χ1v) is 8.97. The van der Waals surface area contributed by atoms with Crippen LogP contribution in [-0.4, -0.2) is 49.2 Å². The molecule has 23 heavy (non-hydrogen) atoms. The first-order valence-electron chi connectivity index (χ1n) is 8.97. The second-order valence-corrected chi connectivity index (χ2v) is 7.64. The van der Waals surface area contributed by atoms with Crippen LogP contribution in [0.1, 0.15) is 37.8 Å². The first-order chi connectivity index (χ1) is 11.2. The second-order valence-electron chi connectivity index (χ2n) is 7.64. The standard InChI is InChI=1S/C18H27N3O2/c1-14-2-5-17(20-19-14)21-8-6-18(7-9-21)10-16(23-13-18)12-22-11-15-3-4-15/h2,5,15-16H,3-4,6-13H2,1H3/t16-/m1/s1. The summed E-state index contributed by atoms with van der Waals surface area (Å²) in [4.78, 5) is 2.36. The summed E-state index contributed by atoms with van der Waals surface area (Å²) in [6.45, 7) is 6.70. The molecule has 3 aliphatic rings. The highest BCUT2D eigenvalue weighted by Gasteiger charge is 2.42.